The molecule has 4 heteroatoms. The molecule has 1 atom stereocenters. The van der Waals surface area contributed by atoms with Crippen molar-refractivity contribution in [2.24, 2.45) is 0 Å². The van der Waals surface area contributed by atoms with Gasteiger partial charge in [-0.15, -0.1) is 11.6 Å². The van der Waals surface area contributed by atoms with E-state index >= 15 is 0 Å². The second-order valence-corrected chi connectivity index (χ2v) is 3.06. The molecule has 12 heavy (non-hydrogen) atoms. The number of alkyl halides is 1. The van der Waals surface area contributed by atoms with E-state index in [1.54, 1.807) is 24.3 Å². The lowest BCUT2D eigenvalue weighted by molar-refractivity contribution is 0.430. The van der Waals surface area contributed by atoms with Crippen LogP contribution in [0.4, 0.5) is 0 Å². The fourth-order valence-electron chi connectivity index (χ4n) is 0.825. The largest absolute Gasteiger partial charge is 0.499 e. The molecule has 0 fully saturated rings. The Kier molecular flexibility index (Phi) is 2.80. The van der Waals surface area contributed by atoms with Gasteiger partial charge in [0.15, 0.2) is 5.76 Å². The molecule has 0 aromatic carbocycles. The Morgan fingerprint density at radius 2 is 2.33 bits per heavy atom. The first-order valence-corrected chi connectivity index (χ1v) is 3.99. The Labute approximate surface area is 80.0 Å². The van der Waals surface area contributed by atoms with Crippen LogP contribution in [0.25, 0.3) is 0 Å². The summed E-state index contributed by atoms with van der Waals surface area (Å²) in [6.45, 7) is 0. The lowest BCUT2D eigenvalue weighted by Gasteiger charge is -2.12. The van der Waals surface area contributed by atoms with E-state index in [0.717, 1.165) is 0 Å². The summed E-state index contributed by atoms with van der Waals surface area (Å²) in [5.74, 6) is -0.391. The number of hydrogen-bond donors (Lipinski definition) is 1. The quantitative estimate of drug-likeness (QED) is 0.284. The highest BCUT2D eigenvalue weighted by atomic mass is 35.5. The zero-order valence-electron chi connectivity index (χ0n) is 5.96. The van der Waals surface area contributed by atoms with Crippen LogP contribution in [0.2, 0.25) is 0 Å². The molecule has 0 aliphatic heterocycles. The summed E-state index contributed by atoms with van der Waals surface area (Å²) >= 11 is 11.5. The van der Waals surface area contributed by atoms with Gasteiger partial charge in [0.1, 0.15) is 6.07 Å². The number of hydrogen-bond acceptors (Lipinski definition) is 2. The zero-order chi connectivity index (χ0) is 9.14. The molecule has 1 N–H and O–H groups in total. The monoisotopic (exact) mass is 201 g/mol. The average Bonchev–Trinajstić information content (AvgIpc) is 2.08. The molecule has 2 nitrogen and oxygen atoms in total. The average molecular weight is 202 g/mol. The Bertz CT molecular complexity index is 322. The summed E-state index contributed by atoms with van der Waals surface area (Å²) in [4.78, 5) is 0. The number of halogens is 2. The summed E-state index contributed by atoms with van der Waals surface area (Å²) < 4.78 is 0. The topological polar surface area (TPSA) is 44.0 Å². The second-order valence-electron chi connectivity index (χ2n) is 2.19. The molecule has 0 spiro atoms. The molecule has 0 bridgehead atoms. The predicted molar refractivity (Wildman–Crippen MR) is 48.0 cm³/mol. The van der Waals surface area contributed by atoms with Crippen molar-refractivity contribution < 1.29 is 5.11 Å². The number of nitriles is 1. The van der Waals surface area contributed by atoms with Gasteiger partial charge in [-0.25, -0.2) is 0 Å². The molecular formula is C8H5Cl2NO. The molecule has 0 aromatic heterocycles. The van der Waals surface area contributed by atoms with Crippen LogP contribution >= 0.6 is 23.2 Å². The van der Waals surface area contributed by atoms with Crippen molar-refractivity contribution >= 4 is 23.2 Å². The number of nitrogens with zero attached hydrogens (tertiary/aromatic N) is 1. The molecule has 0 radical (unpaired) electrons. The van der Waals surface area contributed by atoms with Gasteiger partial charge in [0, 0.05) is 10.6 Å². The molecule has 1 aliphatic carbocycles. The van der Waals surface area contributed by atoms with Crippen molar-refractivity contribution in [2.45, 2.75) is 5.38 Å². The molecular weight excluding hydrogens is 197 g/mol. The van der Waals surface area contributed by atoms with E-state index < -0.39 is 11.1 Å². The fourth-order valence-corrected chi connectivity index (χ4v) is 1.26. The van der Waals surface area contributed by atoms with Crippen LogP contribution in [0.3, 0.4) is 0 Å². The van der Waals surface area contributed by atoms with Crippen LogP contribution in [0.5, 0.6) is 0 Å². The van der Waals surface area contributed by atoms with Gasteiger partial charge in [0.25, 0.3) is 0 Å². The number of allylic oxidation sites excluding steroid dienone is 6. The van der Waals surface area contributed by atoms with Crippen LogP contribution < -0.4 is 0 Å². The zero-order valence-corrected chi connectivity index (χ0v) is 7.47. The molecule has 1 rings (SSSR count). The molecule has 62 valence electrons. The highest BCUT2D eigenvalue weighted by Crippen LogP contribution is 2.28. The number of aliphatic hydroxyl groups excluding tert-OH is 1. The van der Waals surface area contributed by atoms with E-state index in [1.165, 1.54) is 0 Å². The highest BCUT2D eigenvalue weighted by molar-refractivity contribution is 6.38. The first-order chi connectivity index (χ1) is 5.66. The molecule has 0 aromatic rings. The maximum Gasteiger partial charge on any atom is 0.199 e. The van der Waals surface area contributed by atoms with E-state index in [4.69, 9.17) is 33.6 Å². The third-order valence-corrected chi connectivity index (χ3v) is 2.35. The minimum absolute atomic E-state index is 0.340. The lowest BCUT2D eigenvalue weighted by atomic mass is 10.1. The molecule has 1 aliphatic rings. The molecule has 0 saturated heterocycles. The van der Waals surface area contributed by atoms with Gasteiger partial charge in [0.2, 0.25) is 0 Å². The normalized spacial score (nSPS) is 26.1. The minimum atomic E-state index is -0.615. The Morgan fingerprint density at radius 1 is 1.67 bits per heavy atom. The molecule has 0 heterocycles. The van der Waals surface area contributed by atoms with Gasteiger partial charge < -0.3 is 5.11 Å². The maximum absolute atomic E-state index is 9.07. The van der Waals surface area contributed by atoms with E-state index in [0.29, 0.717) is 10.6 Å². The Balaban J connectivity index is 3.08. The smallest absolute Gasteiger partial charge is 0.199 e. The van der Waals surface area contributed by atoms with Crippen molar-refractivity contribution in [3.8, 4) is 6.07 Å². The van der Waals surface area contributed by atoms with E-state index in [-0.39, 0.29) is 0 Å². The van der Waals surface area contributed by atoms with Crippen LogP contribution in [-0.2, 0) is 0 Å². The van der Waals surface area contributed by atoms with Gasteiger partial charge in [-0.2, -0.15) is 5.26 Å². The van der Waals surface area contributed by atoms with Crippen molar-refractivity contribution in [1.82, 2.24) is 0 Å². The van der Waals surface area contributed by atoms with Gasteiger partial charge in [-0.1, -0.05) is 23.8 Å². The van der Waals surface area contributed by atoms with Crippen molar-refractivity contribution in [1.29, 1.82) is 5.26 Å². The minimum Gasteiger partial charge on any atom is -0.499 e. The fraction of sp³-hybridized carbons (Fsp3) is 0.125. The first kappa shape index (κ1) is 9.18. The van der Waals surface area contributed by atoms with Crippen LogP contribution in [-0.4, -0.2) is 10.5 Å². The Hall–Kier alpha value is -0.910. The van der Waals surface area contributed by atoms with Gasteiger partial charge in [-0.05, 0) is 6.08 Å². The summed E-state index contributed by atoms with van der Waals surface area (Å²) in [5, 5.41) is 17.2. The van der Waals surface area contributed by atoms with Crippen molar-refractivity contribution in [3.05, 3.63) is 34.6 Å². The van der Waals surface area contributed by atoms with E-state index in [2.05, 4.69) is 0 Å². The molecule has 0 amide bonds. The van der Waals surface area contributed by atoms with Crippen LogP contribution in [0, 0.1) is 11.3 Å². The van der Waals surface area contributed by atoms with Gasteiger partial charge in [-0.3, -0.25) is 0 Å². The summed E-state index contributed by atoms with van der Waals surface area (Å²) in [6.07, 6.45) is 4.81. The maximum atomic E-state index is 9.07. The third kappa shape index (κ3) is 1.63. The van der Waals surface area contributed by atoms with E-state index in [9.17, 15) is 0 Å². The SMILES string of the molecule is N#C/C(O)=C1\C=CC=C(Cl)C1Cl. The number of rotatable bonds is 0. The standard InChI is InChI=1S/C8H5Cl2NO/c9-6-3-1-2-5(8(6)10)7(12)4-11/h1-3,8,12H/b7-5-. The van der Waals surface area contributed by atoms with Gasteiger partial charge >= 0.3 is 0 Å². The second kappa shape index (κ2) is 3.66. The predicted octanol–water partition coefficient (Wildman–Crippen LogP) is 2.62. The van der Waals surface area contributed by atoms with Crippen molar-refractivity contribution in [2.75, 3.05) is 0 Å². The number of aliphatic hydroxyl groups is 1. The molecule has 0 saturated carbocycles. The Morgan fingerprint density at radius 3 is 2.92 bits per heavy atom. The van der Waals surface area contributed by atoms with Crippen molar-refractivity contribution in [3.63, 3.8) is 0 Å². The van der Waals surface area contributed by atoms with E-state index in [1.807, 2.05) is 0 Å². The van der Waals surface area contributed by atoms with Crippen LogP contribution in [0.1, 0.15) is 0 Å². The first-order valence-electron chi connectivity index (χ1n) is 3.18. The van der Waals surface area contributed by atoms with Crippen LogP contribution in [0.15, 0.2) is 34.6 Å². The molecule has 1 unspecified atom stereocenters. The highest BCUT2D eigenvalue weighted by Gasteiger charge is 2.18. The van der Waals surface area contributed by atoms with Gasteiger partial charge in [0.05, 0.1) is 5.38 Å². The summed E-state index contributed by atoms with van der Waals surface area (Å²) in [5.41, 5.74) is 0.340. The summed E-state index contributed by atoms with van der Waals surface area (Å²) in [7, 11) is 0. The summed E-state index contributed by atoms with van der Waals surface area (Å²) in [6, 6.07) is 1.60. The lowest BCUT2D eigenvalue weighted by Crippen LogP contribution is -2.06. The third-order valence-electron chi connectivity index (χ3n) is 1.43.